The quantitative estimate of drug-likeness (QED) is 0.790. The van der Waals surface area contributed by atoms with E-state index in [1.54, 1.807) is 0 Å². The Morgan fingerprint density at radius 2 is 1.92 bits per heavy atom. The van der Waals surface area contributed by atoms with Crippen LogP contribution in [-0.2, 0) is 16.8 Å². The molecule has 6 nitrogen and oxygen atoms in total. The number of aryl methyl sites for hydroxylation is 2. The van der Waals surface area contributed by atoms with Gasteiger partial charge in [-0.3, -0.25) is 9.78 Å². The van der Waals surface area contributed by atoms with Gasteiger partial charge in [-0.1, -0.05) is 23.4 Å². The highest BCUT2D eigenvalue weighted by molar-refractivity contribution is 5.83. The predicted molar refractivity (Wildman–Crippen MR) is 95.2 cm³/mol. The summed E-state index contributed by atoms with van der Waals surface area (Å²) in [5.41, 5.74) is 3.52. The number of rotatable bonds is 4. The number of para-hydroxylation sites is 1. The molecule has 0 aliphatic heterocycles. The minimum absolute atomic E-state index is 0.137. The number of nitrogens with zero attached hydrogens (tertiary/aromatic N) is 3. The molecule has 6 heteroatoms. The molecule has 0 aliphatic rings. The highest BCUT2D eigenvalue weighted by Crippen LogP contribution is 2.25. The smallest absolute Gasteiger partial charge is 0.231 e. The molecule has 0 bridgehead atoms. The first-order valence-corrected chi connectivity index (χ1v) is 8.24. The Morgan fingerprint density at radius 1 is 1.20 bits per heavy atom. The first-order valence-electron chi connectivity index (χ1n) is 8.24. The molecule has 0 unspecified atom stereocenters. The van der Waals surface area contributed by atoms with E-state index in [0.717, 1.165) is 22.2 Å². The summed E-state index contributed by atoms with van der Waals surface area (Å²) in [6, 6.07) is 8.08. The van der Waals surface area contributed by atoms with Crippen molar-refractivity contribution in [1.82, 2.24) is 20.4 Å². The monoisotopic (exact) mass is 338 g/mol. The second-order valence-corrected chi connectivity index (χ2v) is 6.81. The van der Waals surface area contributed by atoms with Crippen LogP contribution in [0.4, 0.5) is 0 Å². The van der Waals surface area contributed by atoms with Gasteiger partial charge in [0.2, 0.25) is 11.8 Å². The SMILES string of the molecule is CC(=O)NC(C)(C)c1noc(Cc2c(C)nc3ccccc3c2C)n1. The number of fused-ring (bicyclic) bond motifs is 1. The Labute approximate surface area is 146 Å². The van der Waals surface area contributed by atoms with Gasteiger partial charge in [0, 0.05) is 18.0 Å². The number of benzene rings is 1. The van der Waals surface area contributed by atoms with E-state index in [9.17, 15) is 4.79 Å². The molecule has 0 fully saturated rings. The summed E-state index contributed by atoms with van der Waals surface area (Å²) < 4.78 is 5.42. The molecule has 0 spiro atoms. The third-order valence-corrected chi connectivity index (χ3v) is 4.33. The topological polar surface area (TPSA) is 80.9 Å². The van der Waals surface area contributed by atoms with Crippen LogP contribution in [0.3, 0.4) is 0 Å². The minimum Gasteiger partial charge on any atom is -0.344 e. The Morgan fingerprint density at radius 3 is 2.64 bits per heavy atom. The molecule has 1 aromatic carbocycles. The molecule has 25 heavy (non-hydrogen) atoms. The molecule has 1 amide bonds. The second-order valence-electron chi connectivity index (χ2n) is 6.81. The van der Waals surface area contributed by atoms with Crippen molar-refractivity contribution >= 4 is 16.8 Å². The van der Waals surface area contributed by atoms with Crippen molar-refractivity contribution in [2.24, 2.45) is 0 Å². The van der Waals surface area contributed by atoms with Crippen LogP contribution in [0.2, 0.25) is 0 Å². The number of nitrogens with one attached hydrogen (secondary N) is 1. The Kier molecular flexibility index (Phi) is 4.29. The summed E-state index contributed by atoms with van der Waals surface area (Å²) in [7, 11) is 0. The van der Waals surface area contributed by atoms with Crippen LogP contribution in [0.15, 0.2) is 28.8 Å². The molecule has 2 aromatic heterocycles. The second kappa shape index (κ2) is 6.27. The van der Waals surface area contributed by atoms with Gasteiger partial charge in [-0.25, -0.2) is 0 Å². The zero-order chi connectivity index (χ0) is 18.2. The van der Waals surface area contributed by atoms with Crippen molar-refractivity contribution in [2.45, 2.75) is 46.6 Å². The van der Waals surface area contributed by atoms with E-state index in [4.69, 9.17) is 4.52 Å². The molecular formula is C19H22N4O2. The van der Waals surface area contributed by atoms with E-state index >= 15 is 0 Å². The maximum Gasteiger partial charge on any atom is 0.231 e. The van der Waals surface area contributed by atoms with Crippen LogP contribution in [-0.4, -0.2) is 21.0 Å². The molecule has 2 heterocycles. The van der Waals surface area contributed by atoms with Gasteiger partial charge in [0.05, 0.1) is 17.5 Å². The van der Waals surface area contributed by atoms with Gasteiger partial charge < -0.3 is 9.84 Å². The van der Waals surface area contributed by atoms with Crippen molar-refractivity contribution in [1.29, 1.82) is 0 Å². The molecule has 0 aliphatic carbocycles. The van der Waals surface area contributed by atoms with E-state index in [0.29, 0.717) is 18.1 Å². The lowest BCUT2D eigenvalue weighted by Crippen LogP contribution is -2.40. The molecule has 0 atom stereocenters. The van der Waals surface area contributed by atoms with Crippen LogP contribution >= 0.6 is 0 Å². The fourth-order valence-corrected chi connectivity index (χ4v) is 3.06. The summed E-state index contributed by atoms with van der Waals surface area (Å²) in [5, 5.41) is 7.99. The van der Waals surface area contributed by atoms with Gasteiger partial charge in [0.1, 0.15) is 0 Å². The lowest BCUT2D eigenvalue weighted by Gasteiger charge is -2.20. The summed E-state index contributed by atoms with van der Waals surface area (Å²) in [6.07, 6.45) is 0.513. The molecule has 3 aromatic rings. The summed E-state index contributed by atoms with van der Waals surface area (Å²) in [4.78, 5) is 20.5. The third-order valence-electron chi connectivity index (χ3n) is 4.33. The van der Waals surface area contributed by atoms with Crippen LogP contribution < -0.4 is 5.32 Å². The molecule has 0 saturated heterocycles. The zero-order valence-electron chi connectivity index (χ0n) is 15.2. The Balaban J connectivity index is 1.94. The normalized spacial score (nSPS) is 11.7. The minimum atomic E-state index is -0.681. The summed E-state index contributed by atoms with van der Waals surface area (Å²) in [5.74, 6) is 0.834. The van der Waals surface area contributed by atoms with Gasteiger partial charge >= 0.3 is 0 Å². The van der Waals surface area contributed by atoms with E-state index in [2.05, 4.69) is 33.4 Å². The number of carbonyl (C=O) groups excluding carboxylic acids is 1. The lowest BCUT2D eigenvalue weighted by atomic mass is 9.99. The van der Waals surface area contributed by atoms with Gasteiger partial charge in [-0.2, -0.15) is 4.98 Å². The number of amides is 1. The standard InChI is InChI=1S/C19H22N4O2/c1-11-14-8-6-7-9-16(14)20-12(2)15(11)10-17-21-18(23-25-17)19(4,5)22-13(3)24/h6-9H,10H2,1-5H3,(H,22,24). The van der Waals surface area contributed by atoms with Crippen LogP contribution in [0, 0.1) is 13.8 Å². The maximum absolute atomic E-state index is 11.3. The average molecular weight is 338 g/mol. The van der Waals surface area contributed by atoms with Gasteiger partial charge in [0.25, 0.3) is 0 Å². The maximum atomic E-state index is 11.3. The van der Waals surface area contributed by atoms with Crippen molar-refractivity contribution in [3.63, 3.8) is 0 Å². The van der Waals surface area contributed by atoms with Crippen molar-refractivity contribution in [3.8, 4) is 0 Å². The molecule has 3 rings (SSSR count). The molecule has 0 radical (unpaired) electrons. The number of pyridine rings is 1. The van der Waals surface area contributed by atoms with Crippen molar-refractivity contribution in [3.05, 3.63) is 52.8 Å². The predicted octanol–water partition coefficient (Wildman–Crippen LogP) is 3.20. The largest absolute Gasteiger partial charge is 0.344 e. The lowest BCUT2D eigenvalue weighted by molar-refractivity contribution is -0.120. The van der Waals surface area contributed by atoms with Crippen molar-refractivity contribution in [2.75, 3.05) is 0 Å². The highest BCUT2D eigenvalue weighted by atomic mass is 16.5. The van der Waals surface area contributed by atoms with E-state index in [1.165, 1.54) is 12.5 Å². The fraction of sp³-hybridized carbons (Fsp3) is 0.368. The van der Waals surface area contributed by atoms with Gasteiger partial charge in [0.15, 0.2) is 5.82 Å². The summed E-state index contributed by atoms with van der Waals surface area (Å²) in [6.45, 7) is 9.24. The van der Waals surface area contributed by atoms with Crippen LogP contribution in [0.25, 0.3) is 10.9 Å². The Hall–Kier alpha value is -2.76. The molecule has 130 valence electrons. The number of aromatic nitrogens is 3. The number of hydrogen-bond donors (Lipinski definition) is 1. The first kappa shape index (κ1) is 17.1. The first-order chi connectivity index (χ1) is 11.8. The highest BCUT2D eigenvalue weighted by Gasteiger charge is 2.27. The Bertz CT molecular complexity index is 944. The average Bonchev–Trinajstić information content (AvgIpc) is 3.00. The number of hydrogen-bond acceptors (Lipinski definition) is 5. The molecule has 0 saturated carbocycles. The summed E-state index contributed by atoms with van der Waals surface area (Å²) >= 11 is 0. The third kappa shape index (κ3) is 3.38. The number of carbonyl (C=O) groups is 1. The van der Waals surface area contributed by atoms with E-state index < -0.39 is 5.54 Å². The van der Waals surface area contributed by atoms with Gasteiger partial charge in [-0.05, 0) is 44.9 Å². The van der Waals surface area contributed by atoms with Gasteiger partial charge in [-0.15, -0.1) is 0 Å². The molecule has 1 N–H and O–H groups in total. The fourth-order valence-electron chi connectivity index (χ4n) is 3.06. The van der Waals surface area contributed by atoms with Crippen molar-refractivity contribution < 1.29 is 9.32 Å². The zero-order valence-corrected chi connectivity index (χ0v) is 15.2. The van der Waals surface area contributed by atoms with Crippen LogP contribution in [0.5, 0.6) is 0 Å². The van der Waals surface area contributed by atoms with E-state index in [-0.39, 0.29) is 5.91 Å². The molecular weight excluding hydrogens is 316 g/mol. The van der Waals surface area contributed by atoms with E-state index in [1.807, 2.05) is 39.0 Å². The van der Waals surface area contributed by atoms with Crippen LogP contribution in [0.1, 0.15) is 49.3 Å².